The van der Waals surface area contributed by atoms with Gasteiger partial charge in [-0.25, -0.2) is 0 Å². The summed E-state index contributed by atoms with van der Waals surface area (Å²) in [6, 6.07) is 12.6. The van der Waals surface area contributed by atoms with E-state index >= 15 is 0 Å². The largest absolute Gasteiger partial charge is 0.497 e. The number of benzene rings is 2. The summed E-state index contributed by atoms with van der Waals surface area (Å²) in [5.41, 5.74) is 2.07. The smallest absolute Gasteiger partial charge is 0.203 e. The monoisotopic (exact) mass is 427 g/mol. The molecule has 3 unspecified atom stereocenters. The predicted octanol–water partition coefficient (Wildman–Crippen LogP) is 1.95. The fourth-order valence-electron chi connectivity index (χ4n) is 3.25. The molecule has 1 saturated heterocycles. The van der Waals surface area contributed by atoms with Gasteiger partial charge in [0.15, 0.2) is 11.5 Å². The van der Waals surface area contributed by atoms with Crippen LogP contribution in [0, 0.1) is 11.3 Å². The van der Waals surface area contributed by atoms with Crippen molar-refractivity contribution in [3.8, 4) is 23.3 Å². The lowest BCUT2D eigenvalue weighted by atomic mass is 10.0. The highest BCUT2D eigenvalue weighted by Gasteiger charge is 2.38. The van der Waals surface area contributed by atoms with Crippen molar-refractivity contribution in [1.29, 1.82) is 5.26 Å². The van der Waals surface area contributed by atoms with E-state index in [4.69, 9.17) is 24.2 Å². The summed E-state index contributed by atoms with van der Waals surface area (Å²) < 4.78 is 22.4. The number of aliphatic hydroxyl groups is 3. The van der Waals surface area contributed by atoms with Gasteiger partial charge in [0.1, 0.15) is 18.0 Å². The van der Waals surface area contributed by atoms with E-state index in [1.165, 1.54) is 14.2 Å². The molecule has 0 aliphatic carbocycles. The number of rotatable bonds is 7. The van der Waals surface area contributed by atoms with Crippen LogP contribution in [-0.4, -0.2) is 60.7 Å². The molecule has 8 nitrogen and oxygen atoms in total. The van der Waals surface area contributed by atoms with Crippen LogP contribution in [0.4, 0.5) is 0 Å². The van der Waals surface area contributed by atoms with Gasteiger partial charge in [0.05, 0.1) is 38.6 Å². The summed E-state index contributed by atoms with van der Waals surface area (Å²) in [5.74, 6) is 1.30. The van der Waals surface area contributed by atoms with E-state index in [-0.39, 0.29) is 6.42 Å². The molecule has 1 fully saturated rings. The molecule has 0 saturated carbocycles. The van der Waals surface area contributed by atoms with Gasteiger partial charge in [-0.3, -0.25) is 0 Å². The zero-order chi connectivity index (χ0) is 22.4. The second-order valence-electron chi connectivity index (χ2n) is 7.01. The highest BCUT2D eigenvalue weighted by molar-refractivity contribution is 5.75. The zero-order valence-electron chi connectivity index (χ0n) is 17.3. The van der Waals surface area contributed by atoms with Crippen LogP contribution >= 0.6 is 0 Å². The Hall–Kier alpha value is -3.09. The lowest BCUT2D eigenvalue weighted by Crippen LogP contribution is -2.51. The minimum atomic E-state index is -1.20. The fourth-order valence-corrected chi connectivity index (χ4v) is 3.25. The molecule has 8 heteroatoms. The van der Waals surface area contributed by atoms with Crippen molar-refractivity contribution in [2.24, 2.45) is 0 Å². The first-order chi connectivity index (χ1) is 15.0. The van der Waals surface area contributed by atoms with Crippen LogP contribution in [0.3, 0.4) is 0 Å². The van der Waals surface area contributed by atoms with E-state index in [0.717, 1.165) is 5.56 Å². The molecule has 3 rings (SSSR count). The molecule has 0 bridgehead atoms. The second-order valence-corrected chi connectivity index (χ2v) is 7.01. The highest BCUT2D eigenvalue weighted by atomic mass is 16.7. The number of hydrogen-bond donors (Lipinski definition) is 3. The molecule has 0 aromatic heterocycles. The molecular weight excluding hydrogens is 402 g/mol. The van der Waals surface area contributed by atoms with Crippen LogP contribution in [0.25, 0.3) is 12.2 Å². The maximum atomic E-state index is 10.1. The lowest BCUT2D eigenvalue weighted by Gasteiger charge is -2.36. The van der Waals surface area contributed by atoms with Gasteiger partial charge >= 0.3 is 0 Å². The summed E-state index contributed by atoms with van der Waals surface area (Å²) in [7, 11) is 3.03. The maximum absolute atomic E-state index is 10.1. The van der Waals surface area contributed by atoms with Gasteiger partial charge in [0.2, 0.25) is 6.29 Å². The average Bonchev–Trinajstić information content (AvgIpc) is 2.80. The average molecular weight is 427 g/mol. The molecule has 4 atom stereocenters. The van der Waals surface area contributed by atoms with E-state index in [1.807, 2.05) is 18.2 Å². The van der Waals surface area contributed by atoms with Crippen LogP contribution in [-0.2, 0) is 4.74 Å². The first-order valence-electron chi connectivity index (χ1n) is 9.72. The molecule has 2 aromatic rings. The quantitative estimate of drug-likeness (QED) is 0.574. The molecule has 0 amide bonds. The molecule has 1 heterocycles. The van der Waals surface area contributed by atoms with E-state index in [2.05, 4.69) is 6.07 Å². The molecule has 0 radical (unpaired) electrons. The van der Waals surface area contributed by atoms with Crippen molar-refractivity contribution in [2.45, 2.75) is 31.0 Å². The molecule has 2 aromatic carbocycles. The Kier molecular flexibility index (Phi) is 7.50. The first-order valence-corrected chi connectivity index (χ1v) is 9.72. The van der Waals surface area contributed by atoms with Crippen molar-refractivity contribution in [3.63, 3.8) is 0 Å². The van der Waals surface area contributed by atoms with E-state index in [9.17, 15) is 15.3 Å². The van der Waals surface area contributed by atoms with Gasteiger partial charge in [-0.2, -0.15) is 5.26 Å². The number of ether oxygens (including phenoxy) is 4. The minimum absolute atomic E-state index is 0.0195. The Morgan fingerprint density at radius 1 is 1.13 bits per heavy atom. The van der Waals surface area contributed by atoms with Crippen molar-refractivity contribution in [3.05, 3.63) is 53.1 Å². The third-order valence-corrected chi connectivity index (χ3v) is 4.97. The third-order valence-electron chi connectivity index (χ3n) is 4.97. The summed E-state index contributed by atoms with van der Waals surface area (Å²) in [5, 5.41) is 38.4. The summed E-state index contributed by atoms with van der Waals surface area (Å²) >= 11 is 0. The van der Waals surface area contributed by atoms with E-state index in [1.54, 1.807) is 30.3 Å². The van der Waals surface area contributed by atoms with Crippen LogP contribution in [0.2, 0.25) is 0 Å². The van der Waals surface area contributed by atoms with Crippen LogP contribution in [0.15, 0.2) is 36.4 Å². The number of nitrogens with zero attached hydrogens (tertiary/aromatic N) is 1. The first kappa shape index (κ1) is 22.6. The van der Waals surface area contributed by atoms with Crippen molar-refractivity contribution >= 4 is 12.2 Å². The SMILES string of the molecule is COc1cc(/C=C/c2ccc(C#N)cc2)c(OC2CC(O)[C@H](O)C(CO)O2)c(OC)c1. The predicted molar refractivity (Wildman–Crippen MR) is 113 cm³/mol. The normalized spacial score (nSPS) is 23.4. The van der Waals surface area contributed by atoms with Gasteiger partial charge in [-0.05, 0) is 23.8 Å². The van der Waals surface area contributed by atoms with E-state index in [0.29, 0.717) is 28.4 Å². The van der Waals surface area contributed by atoms with Gasteiger partial charge < -0.3 is 34.3 Å². The molecule has 3 N–H and O–H groups in total. The van der Waals surface area contributed by atoms with Gasteiger partial charge in [-0.1, -0.05) is 24.3 Å². The van der Waals surface area contributed by atoms with Crippen molar-refractivity contribution < 1.29 is 34.3 Å². The Balaban J connectivity index is 1.92. The molecular formula is C23H25NO7. The Labute approximate surface area is 180 Å². The van der Waals surface area contributed by atoms with Crippen molar-refractivity contribution in [2.75, 3.05) is 20.8 Å². The number of aliphatic hydroxyl groups excluding tert-OH is 3. The topological polar surface area (TPSA) is 121 Å². The maximum Gasteiger partial charge on any atom is 0.203 e. The Bertz CT molecular complexity index is 952. The summed E-state index contributed by atoms with van der Waals surface area (Å²) in [6.07, 6.45) is -0.490. The van der Waals surface area contributed by atoms with Gasteiger partial charge in [-0.15, -0.1) is 0 Å². The second kappa shape index (κ2) is 10.3. The molecule has 0 spiro atoms. The number of methoxy groups -OCH3 is 2. The van der Waals surface area contributed by atoms with Gasteiger partial charge in [0, 0.05) is 18.1 Å². The van der Waals surface area contributed by atoms with Gasteiger partial charge in [0.25, 0.3) is 0 Å². The lowest BCUT2D eigenvalue weighted by molar-refractivity contribution is -0.230. The van der Waals surface area contributed by atoms with E-state index < -0.39 is 31.2 Å². The van der Waals surface area contributed by atoms with Crippen LogP contribution in [0.5, 0.6) is 17.2 Å². The molecule has 1 aliphatic rings. The minimum Gasteiger partial charge on any atom is -0.497 e. The molecule has 1 aliphatic heterocycles. The number of hydrogen-bond acceptors (Lipinski definition) is 8. The Morgan fingerprint density at radius 3 is 2.48 bits per heavy atom. The highest BCUT2D eigenvalue weighted by Crippen LogP contribution is 2.39. The van der Waals surface area contributed by atoms with Crippen LogP contribution < -0.4 is 14.2 Å². The van der Waals surface area contributed by atoms with Crippen molar-refractivity contribution in [1.82, 2.24) is 0 Å². The summed E-state index contributed by atoms with van der Waals surface area (Å²) in [6.45, 7) is -0.455. The summed E-state index contributed by atoms with van der Waals surface area (Å²) in [4.78, 5) is 0. The molecule has 31 heavy (non-hydrogen) atoms. The zero-order valence-corrected chi connectivity index (χ0v) is 17.3. The third kappa shape index (κ3) is 5.34. The number of nitriles is 1. The fraction of sp³-hybridized carbons (Fsp3) is 0.348. The standard InChI is InChI=1S/C23H25NO7/c1-28-17-9-16(8-7-14-3-5-15(12-24)6-4-14)23(19(10-17)29-2)31-21-11-18(26)22(27)20(13-25)30-21/h3-10,18,20-22,25-27H,11,13H2,1-2H3/b8-7+/t18?,20?,21?,22-/m0/s1. The Morgan fingerprint density at radius 2 is 1.87 bits per heavy atom. The van der Waals surface area contributed by atoms with Crippen LogP contribution in [0.1, 0.15) is 23.1 Å². The molecule has 164 valence electrons.